The Labute approximate surface area is 455 Å². The molecule has 0 aromatic heterocycles. The monoisotopic (exact) mass is 1100 g/mol. The van der Waals surface area contributed by atoms with E-state index in [1.807, 2.05) is 49.1 Å². The Balaban J connectivity index is 0.000000408. The van der Waals surface area contributed by atoms with E-state index in [9.17, 15) is 19.2 Å². The highest BCUT2D eigenvalue weighted by Gasteiger charge is 2.41. The van der Waals surface area contributed by atoms with Crippen molar-refractivity contribution >= 4 is 49.6 Å². The van der Waals surface area contributed by atoms with Crippen LogP contribution in [0, 0.1) is 23.7 Å². The number of carbonyl (C=O) groups excluding carboxylic acids is 4. The fourth-order valence-corrected chi connectivity index (χ4v) is 22.3. The van der Waals surface area contributed by atoms with Gasteiger partial charge in [0, 0.05) is 26.0 Å². The number of nitrogens with one attached hydrogen (secondary N) is 6. The molecule has 75 heavy (non-hydrogen) atoms. The van der Waals surface area contributed by atoms with Crippen LogP contribution in [0.4, 0.5) is 9.59 Å². The van der Waals surface area contributed by atoms with Crippen molar-refractivity contribution in [3.05, 3.63) is 71.9 Å². The van der Waals surface area contributed by atoms with Gasteiger partial charge >= 0.3 is 20.7 Å². The van der Waals surface area contributed by atoms with Gasteiger partial charge in [0.1, 0.15) is 31.3 Å². The van der Waals surface area contributed by atoms with Crippen molar-refractivity contribution < 1.29 is 46.4 Å². The summed E-state index contributed by atoms with van der Waals surface area (Å²) < 4.78 is 34.4. The summed E-state index contributed by atoms with van der Waals surface area (Å²) in [6, 6.07) is 17.6. The van der Waals surface area contributed by atoms with Crippen LogP contribution in [-0.4, -0.2) is 117 Å². The van der Waals surface area contributed by atoms with E-state index in [1.54, 1.807) is 13.5 Å². The molecule has 2 fully saturated rings. The SMILES string of the molecule is C=C[Si](C)(O[Si](C)(C)CCCNC)O[Si](C)(C)CCCNC(=O)NCNC=O.CC1CCC(CC2CCC(C)CC2)CC1.COCCOc1ccc(C(C)(C)c2ccc(OCCOC(=O)NCNC(C)=O)cc2)cc1. The fraction of sp³-hybridized carbons (Fsp3) is 0.679. The van der Waals surface area contributed by atoms with E-state index in [0.29, 0.717) is 31.9 Å². The first kappa shape index (κ1) is 66.9. The Kier molecular flexibility index (Phi) is 32.1. The van der Waals surface area contributed by atoms with E-state index >= 15 is 0 Å². The molecule has 16 nitrogen and oxygen atoms in total. The maximum absolute atomic E-state index is 11.6. The highest BCUT2D eigenvalue weighted by atomic mass is 28.5. The van der Waals surface area contributed by atoms with Crippen molar-refractivity contribution in [2.24, 2.45) is 23.7 Å². The standard InChI is InChI=1S/C24H32N2O6.C17H40N4O4Si3.C15H28/c1-18(27)25-17-26-23(28)32-16-15-31-22-11-7-20(8-12-22)24(2,3)19-5-9-21(10-6-19)30-14-13-29-4;1-8-28(7,24-26(3,4)13-9-11-18-2)25-27(5,6)14-10-12-20-17(23)21-15-19-16-22;1-12-3-7-14(8-4-12)11-15-9-5-13(2)6-10-15/h5-12H,13-17H2,1-4H3,(H,25,27)(H,26,28);8,16,18H,1,9-15H2,2-7H3,(H,19,22)(H2,20,21,23);12-15H,3-11H2,1-2H3. The van der Waals surface area contributed by atoms with E-state index < -0.39 is 31.3 Å². The number of benzene rings is 2. The predicted molar refractivity (Wildman–Crippen MR) is 310 cm³/mol. The molecule has 0 saturated heterocycles. The second kappa shape index (κ2) is 36.0. The lowest BCUT2D eigenvalue weighted by atomic mass is 9.74. The van der Waals surface area contributed by atoms with Gasteiger partial charge in [0.05, 0.1) is 19.9 Å². The largest absolute Gasteiger partial charge is 0.491 e. The van der Waals surface area contributed by atoms with Gasteiger partial charge in [0.2, 0.25) is 12.3 Å². The van der Waals surface area contributed by atoms with Gasteiger partial charge in [0.15, 0.2) is 16.6 Å². The molecule has 0 heterocycles. The number of ether oxygens (including phenoxy) is 4. The number of hydrogen-bond acceptors (Lipinski definition) is 11. The van der Waals surface area contributed by atoms with Gasteiger partial charge in [-0.1, -0.05) is 109 Å². The Morgan fingerprint density at radius 2 is 1.15 bits per heavy atom. The van der Waals surface area contributed by atoms with Crippen LogP contribution in [0.2, 0.25) is 44.8 Å². The maximum Gasteiger partial charge on any atom is 0.408 e. The van der Waals surface area contributed by atoms with Crippen molar-refractivity contribution in [1.29, 1.82) is 0 Å². The van der Waals surface area contributed by atoms with Crippen LogP contribution < -0.4 is 41.4 Å². The molecule has 1 unspecified atom stereocenters. The first-order chi connectivity index (χ1) is 35.6. The van der Waals surface area contributed by atoms with Crippen LogP contribution >= 0.6 is 0 Å². The smallest absolute Gasteiger partial charge is 0.408 e. The van der Waals surface area contributed by atoms with E-state index in [4.69, 9.17) is 27.2 Å². The lowest BCUT2D eigenvalue weighted by Crippen LogP contribution is -2.53. The summed E-state index contributed by atoms with van der Waals surface area (Å²) in [6.07, 6.45) is 15.6. The zero-order chi connectivity index (χ0) is 55.8. The summed E-state index contributed by atoms with van der Waals surface area (Å²) in [4.78, 5) is 43.9. The first-order valence-corrected chi connectivity index (χ1v) is 36.2. The Bertz CT molecular complexity index is 1890. The van der Waals surface area contributed by atoms with Crippen LogP contribution in [0.15, 0.2) is 60.8 Å². The minimum absolute atomic E-state index is 0.0237. The predicted octanol–water partition coefficient (Wildman–Crippen LogP) is 10.5. The maximum atomic E-state index is 11.6. The van der Waals surface area contributed by atoms with Crippen molar-refractivity contribution in [3.63, 3.8) is 0 Å². The average molecular weight is 1100 g/mol. The second-order valence-electron chi connectivity index (χ2n) is 22.3. The molecule has 6 N–H and O–H groups in total. The minimum Gasteiger partial charge on any atom is -0.491 e. The first-order valence-electron chi connectivity index (χ1n) is 27.5. The van der Waals surface area contributed by atoms with E-state index in [2.05, 4.69) is 111 Å². The summed E-state index contributed by atoms with van der Waals surface area (Å²) in [5.41, 5.74) is 4.02. The molecule has 2 aromatic rings. The number of rotatable bonds is 30. The van der Waals surface area contributed by atoms with Crippen molar-refractivity contribution in [2.45, 2.75) is 155 Å². The third-order valence-corrected chi connectivity index (χ3v) is 25.5. The number of urea groups is 1. The zero-order valence-electron chi connectivity index (χ0n) is 48.2. The highest BCUT2D eigenvalue weighted by molar-refractivity contribution is 6.90. The third-order valence-electron chi connectivity index (χ3n) is 14.0. The van der Waals surface area contributed by atoms with Gasteiger partial charge in [-0.05, 0) is 137 Å². The molecule has 0 radical (unpaired) electrons. The zero-order valence-corrected chi connectivity index (χ0v) is 51.2. The van der Waals surface area contributed by atoms with Gasteiger partial charge in [0.25, 0.3) is 0 Å². The van der Waals surface area contributed by atoms with E-state index in [0.717, 1.165) is 66.5 Å². The fourth-order valence-electron chi connectivity index (χ4n) is 9.48. The molecule has 2 saturated carbocycles. The minimum atomic E-state index is -2.43. The summed E-state index contributed by atoms with van der Waals surface area (Å²) in [7, 11) is -2.59. The van der Waals surface area contributed by atoms with Crippen molar-refractivity contribution in [1.82, 2.24) is 31.9 Å². The van der Waals surface area contributed by atoms with Crippen LogP contribution in [0.25, 0.3) is 0 Å². The Morgan fingerprint density at radius 3 is 1.59 bits per heavy atom. The number of carbonyl (C=O) groups is 4. The van der Waals surface area contributed by atoms with Gasteiger partial charge in [-0.15, -0.1) is 6.58 Å². The normalized spacial score (nSPS) is 18.5. The van der Waals surface area contributed by atoms with Gasteiger partial charge in [-0.2, -0.15) is 0 Å². The van der Waals surface area contributed by atoms with Gasteiger partial charge < -0.3 is 59.1 Å². The van der Waals surface area contributed by atoms with Gasteiger partial charge in [-0.25, -0.2) is 9.59 Å². The quantitative estimate of drug-likeness (QED) is 0.0189. The number of alkyl carbamates (subject to hydrolysis) is 1. The third kappa shape index (κ3) is 29.7. The molecule has 2 aromatic carbocycles. The summed E-state index contributed by atoms with van der Waals surface area (Å²) in [5.74, 6) is 5.51. The van der Waals surface area contributed by atoms with Crippen LogP contribution in [0.1, 0.15) is 116 Å². The molecule has 19 heteroatoms. The Morgan fingerprint density at radius 1 is 0.667 bits per heavy atom. The molecule has 0 bridgehead atoms. The van der Waals surface area contributed by atoms with Crippen molar-refractivity contribution in [3.8, 4) is 11.5 Å². The molecular weight excluding hydrogens is 1000 g/mol. The topological polar surface area (TPSA) is 196 Å². The van der Waals surface area contributed by atoms with Crippen molar-refractivity contribution in [2.75, 3.05) is 67.0 Å². The summed E-state index contributed by atoms with van der Waals surface area (Å²) in [5, 5.41) is 15.7. The second-order valence-corrected chi connectivity index (χ2v) is 34.4. The van der Waals surface area contributed by atoms with Crippen LogP contribution in [0.5, 0.6) is 11.5 Å². The van der Waals surface area contributed by atoms with E-state index in [1.165, 1.54) is 63.9 Å². The van der Waals surface area contributed by atoms with Gasteiger partial charge in [-0.3, -0.25) is 9.59 Å². The van der Waals surface area contributed by atoms with Crippen LogP contribution in [0.3, 0.4) is 0 Å². The number of hydrogen-bond donors (Lipinski definition) is 6. The average Bonchev–Trinajstić information content (AvgIpc) is 3.36. The van der Waals surface area contributed by atoms with E-state index in [-0.39, 0.29) is 43.9 Å². The number of amides is 5. The summed E-state index contributed by atoms with van der Waals surface area (Å²) in [6.45, 7) is 28.6. The molecule has 2 aliphatic rings. The molecule has 0 aliphatic heterocycles. The molecule has 4 rings (SSSR count). The lowest BCUT2D eigenvalue weighted by molar-refractivity contribution is -0.119. The Hall–Kier alpha value is -4.25. The molecule has 2 aliphatic carbocycles. The molecule has 0 spiro atoms. The molecule has 5 amide bonds. The summed E-state index contributed by atoms with van der Waals surface area (Å²) >= 11 is 0. The lowest BCUT2D eigenvalue weighted by Gasteiger charge is -2.39. The highest BCUT2D eigenvalue weighted by Crippen LogP contribution is 2.38. The molecule has 426 valence electrons. The molecular formula is C56H100N6O10Si3. The number of methoxy groups -OCH3 is 1. The molecule has 1 atom stereocenters. The van der Waals surface area contributed by atoms with Crippen LogP contribution in [-0.2, 0) is 32.7 Å².